The second kappa shape index (κ2) is 8.68. The van der Waals surface area contributed by atoms with Gasteiger partial charge in [-0.3, -0.25) is 14.9 Å². The molecule has 0 radical (unpaired) electrons. The highest BCUT2D eigenvalue weighted by molar-refractivity contribution is 6.07. The molecule has 7 heteroatoms. The Morgan fingerprint density at radius 2 is 1.64 bits per heavy atom. The molecule has 0 saturated heterocycles. The molecular weight excluding hydrogens is 360 g/mol. The molecule has 0 aromatic heterocycles. The monoisotopic (exact) mass is 378 g/mol. The van der Waals surface area contributed by atoms with Crippen LogP contribution in [-0.2, 0) is 6.61 Å². The van der Waals surface area contributed by atoms with E-state index in [-0.39, 0.29) is 29.4 Å². The maximum absolute atomic E-state index is 12.6. The molecule has 0 aliphatic heterocycles. The van der Waals surface area contributed by atoms with Crippen LogP contribution in [0.4, 0.5) is 11.4 Å². The van der Waals surface area contributed by atoms with Gasteiger partial charge in [-0.2, -0.15) is 0 Å². The second-order valence-corrected chi connectivity index (χ2v) is 5.87. The average molecular weight is 378 g/mol. The van der Waals surface area contributed by atoms with E-state index in [1.54, 1.807) is 30.3 Å². The lowest BCUT2D eigenvalue weighted by atomic mass is 10.1. The SMILES string of the molecule is COc1cc(C(=O)Nc2ccccc2)c([N+](=O)[O-])cc1OCc1ccccc1. The summed E-state index contributed by atoms with van der Waals surface area (Å²) in [4.78, 5) is 23.5. The minimum absolute atomic E-state index is 0.113. The van der Waals surface area contributed by atoms with Gasteiger partial charge in [-0.15, -0.1) is 0 Å². The molecule has 7 nitrogen and oxygen atoms in total. The largest absolute Gasteiger partial charge is 0.493 e. The van der Waals surface area contributed by atoms with Gasteiger partial charge < -0.3 is 14.8 Å². The smallest absolute Gasteiger partial charge is 0.286 e. The number of nitrogens with one attached hydrogen (secondary N) is 1. The quantitative estimate of drug-likeness (QED) is 0.485. The number of nitro groups is 1. The van der Waals surface area contributed by atoms with Crippen LogP contribution in [0.5, 0.6) is 11.5 Å². The first-order valence-corrected chi connectivity index (χ1v) is 8.48. The summed E-state index contributed by atoms with van der Waals surface area (Å²) in [5.41, 5.74) is 0.957. The fourth-order valence-corrected chi connectivity index (χ4v) is 2.61. The lowest BCUT2D eigenvalue weighted by Gasteiger charge is -2.13. The second-order valence-electron chi connectivity index (χ2n) is 5.87. The van der Waals surface area contributed by atoms with E-state index in [9.17, 15) is 14.9 Å². The van der Waals surface area contributed by atoms with Gasteiger partial charge in [-0.25, -0.2) is 0 Å². The third-order valence-electron chi connectivity index (χ3n) is 3.99. The molecular formula is C21H18N2O5. The molecule has 0 atom stereocenters. The Morgan fingerprint density at radius 1 is 1.00 bits per heavy atom. The summed E-state index contributed by atoms with van der Waals surface area (Å²) in [6, 6.07) is 20.6. The predicted molar refractivity (Wildman–Crippen MR) is 105 cm³/mol. The van der Waals surface area contributed by atoms with E-state index in [1.807, 2.05) is 30.3 Å². The van der Waals surface area contributed by atoms with Crippen LogP contribution in [0.15, 0.2) is 72.8 Å². The number of hydrogen-bond donors (Lipinski definition) is 1. The lowest BCUT2D eigenvalue weighted by molar-refractivity contribution is -0.385. The zero-order valence-electron chi connectivity index (χ0n) is 15.1. The Labute approximate surface area is 161 Å². The molecule has 0 fully saturated rings. The lowest BCUT2D eigenvalue weighted by Crippen LogP contribution is -2.14. The van der Waals surface area contributed by atoms with Gasteiger partial charge in [-0.1, -0.05) is 48.5 Å². The number of rotatable bonds is 7. The van der Waals surface area contributed by atoms with Crippen LogP contribution in [0.25, 0.3) is 0 Å². The molecule has 3 rings (SSSR count). The number of benzene rings is 3. The van der Waals surface area contributed by atoms with E-state index in [0.29, 0.717) is 5.69 Å². The Balaban J connectivity index is 1.90. The molecule has 0 bridgehead atoms. The first-order chi connectivity index (χ1) is 13.6. The molecule has 0 spiro atoms. The number of ether oxygens (including phenoxy) is 2. The Hall–Kier alpha value is -3.87. The maximum atomic E-state index is 12.6. The number of anilines is 1. The van der Waals surface area contributed by atoms with Gasteiger partial charge in [0.15, 0.2) is 11.5 Å². The normalized spacial score (nSPS) is 10.2. The number of nitro benzene ring substituents is 1. The molecule has 0 saturated carbocycles. The van der Waals surface area contributed by atoms with Gasteiger partial charge in [-0.05, 0) is 17.7 Å². The average Bonchev–Trinajstić information content (AvgIpc) is 2.73. The predicted octanol–water partition coefficient (Wildman–Crippen LogP) is 4.43. The Kier molecular flexibility index (Phi) is 5.86. The summed E-state index contributed by atoms with van der Waals surface area (Å²) >= 11 is 0. The number of para-hydroxylation sites is 1. The zero-order chi connectivity index (χ0) is 19.9. The number of carbonyl (C=O) groups is 1. The first-order valence-electron chi connectivity index (χ1n) is 8.48. The maximum Gasteiger partial charge on any atom is 0.286 e. The number of carbonyl (C=O) groups excluding carboxylic acids is 1. The topological polar surface area (TPSA) is 90.7 Å². The van der Waals surface area contributed by atoms with Gasteiger partial charge in [0.2, 0.25) is 0 Å². The molecule has 0 heterocycles. The first kappa shape index (κ1) is 18.9. The highest BCUT2D eigenvalue weighted by Gasteiger charge is 2.25. The molecule has 0 aliphatic carbocycles. The molecule has 0 unspecified atom stereocenters. The molecule has 28 heavy (non-hydrogen) atoms. The highest BCUT2D eigenvalue weighted by atomic mass is 16.6. The van der Waals surface area contributed by atoms with E-state index in [0.717, 1.165) is 5.56 Å². The van der Waals surface area contributed by atoms with Crippen molar-refractivity contribution in [3.63, 3.8) is 0 Å². The van der Waals surface area contributed by atoms with Crippen molar-refractivity contribution in [2.75, 3.05) is 12.4 Å². The van der Waals surface area contributed by atoms with Crippen LogP contribution in [-0.4, -0.2) is 17.9 Å². The van der Waals surface area contributed by atoms with Crippen molar-refractivity contribution in [3.05, 3.63) is 94.0 Å². The summed E-state index contributed by atoms with van der Waals surface area (Å²) in [6.07, 6.45) is 0. The molecule has 0 aliphatic rings. The summed E-state index contributed by atoms with van der Waals surface area (Å²) in [5.74, 6) is -0.181. The van der Waals surface area contributed by atoms with E-state index in [2.05, 4.69) is 5.32 Å². The molecule has 3 aromatic carbocycles. The van der Waals surface area contributed by atoms with Crippen LogP contribution < -0.4 is 14.8 Å². The van der Waals surface area contributed by atoms with Gasteiger partial charge in [0.1, 0.15) is 12.2 Å². The third kappa shape index (κ3) is 4.45. The van der Waals surface area contributed by atoms with Crippen molar-refractivity contribution in [2.45, 2.75) is 6.61 Å². The van der Waals surface area contributed by atoms with Crippen molar-refractivity contribution in [2.24, 2.45) is 0 Å². The van der Waals surface area contributed by atoms with Crippen molar-refractivity contribution < 1.29 is 19.2 Å². The van der Waals surface area contributed by atoms with E-state index in [1.165, 1.54) is 19.2 Å². The minimum atomic E-state index is -0.616. The standard InChI is InChI=1S/C21H18N2O5/c1-27-19-12-17(21(24)22-16-10-6-3-7-11-16)18(23(25)26)13-20(19)28-14-15-8-4-2-5-9-15/h2-13H,14H2,1H3,(H,22,24). The number of amides is 1. The van der Waals surface area contributed by atoms with Crippen molar-refractivity contribution in [1.82, 2.24) is 0 Å². The third-order valence-corrected chi connectivity index (χ3v) is 3.99. The fourth-order valence-electron chi connectivity index (χ4n) is 2.61. The van der Waals surface area contributed by atoms with Crippen LogP contribution in [0.1, 0.15) is 15.9 Å². The van der Waals surface area contributed by atoms with Gasteiger partial charge in [0, 0.05) is 11.8 Å². The van der Waals surface area contributed by atoms with E-state index in [4.69, 9.17) is 9.47 Å². The Bertz CT molecular complexity index is 975. The van der Waals surface area contributed by atoms with Gasteiger partial charge in [0.25, 0.3) is 11.6 Å². The van der Waals surface area contributed by atoms with Crippen molar-refractivity contribution >= 4 is 17.3 Å². The van der Waals surface area contributed by atoms with Gasteiger partial charge >= 0.3 is 0 Å². The summed E-state index contributed by atoms with van der Waals surface area (Å²) in [7, 11) is 1.41. The number of nitrogens with zero attached hydrogens (tertiary/aromatic N) is 1. The van der Waals surface area contributed by atoms with E-state index < -0.39 is 10.8 Å². The molecule has 1 N–H and O–H groups in total. The molecule has 142 valence electrons. The minimum Gasteiger partial charge on any atom is -0.493 e. The summed E-state index contributed by atoms with van der Waals surface area (Å²) in [6.45, 7) is 0.212. The van der Waals surface area contributed by atoms with Crippen molar-refractivity contribution in [3.8, 4) is 11.5 Å². The van der Waals surface area contributed by atoms with Crippen LogP contribution in [0, 0.1) is 10.1 Å². The summed E-state index contributed by atoms with van der Waals surface area (Å²) < 4.78 is 11.0. The number of hydrogen-bond acceptors (Lipinski definition) is 5. The number of methoxy groups -OCH3 is 1. The van der Waals surface area contributed by atoms with Crippen molar-refractivity contribution in [1.29, 1.82) is 0 Å². The summed E-state index contributed by atoms with van der Waals surface area (Å²) in [5, 5.41) is 14.2. The molecule has 3 aromatic rings. The highest BCUT2D eigenvalue weighted by Crippen LogP contribution is 2.35. The zero-order valence-corrected chi connectivity index (χ0v) is 15.1. The van der Waals surface area contributed by atoms with Gasteiger partial charge in [0.05, 0.1) is 18.1 Å². The fraction of sp³-hybridized carbons (Fsp3) is 0.0952. The van der Waals surface area contributed by atoms with E-state index >= 15 is 0 Å². The van der Waals surface area contributed by atoms with Crippen LogP contribution in [0.2, 0.25) is 0 Å². The Morgan fingerprint density at radius 3 is 2.25 bits per heavy atom. The van der Waals surface area contributed by atoms with Crippen LogP contribution >= 0.6 is 0 Å². The van der Waals surface area contributed by atoms with Crippen LogP contribution in [0.3, 0.4) is 0 Å². The molecule has 1 amide bonds.